The number of carbonyl (C=O) groups is 1. The lowest BCUT2D eigenvalue weighted by Gasteiger charge is -2.34. The number of ether oxygens (including phenoxy) is 1. The third-order valence-corrected chi connectivity index (χ3v) is 3.96. The van der Waals surface area contributed by atoms with E-state index < -0.39 is 6.10 Å². The minimum atomic E-state index is -1.21. The topological polar surface area (TPSA) is 78.5 Å². The van der Waals surface area contributed by atoms with E-state index in [1.807, 2.05) is 31.2 Å². The second kappa shape index (κ2) is 6.29. The largest absolute Gasteiger partial charge is 0.377 e. The number of nitrogens with zero attached hydrogens (tertiary/aromatic N) is 2. The summed E-state index contributed by atoms with van der Waals surface area (Å²) in [5, 5.41) is 10.1. The molecule has 1 aliphatic rings. The number of aliphatic hydroxyl groups is 1. The molecule has 1 amide bonds. The molecule has 0 saturated carbocycles. The van der Waals surface area contributed by atoms with Crippen LogP contribution < -0.4 is 0 Å². The minimum absolute atomic E-state index is 0.159. The van der Waals surface area contributed by atoms with Crippen molar-refractivity contribution in [3.05, 3.63) is 53.6 Å². The minimum Gasteiger partial charge on any atom is -0.377 e. The maximum Gasteiger partial charge on any atom is 0.257 e. The molecule has 2 unspecified atom stereocenters. The van der Waals surface area contributed by atoms with Gasteiger partial charge in [-0.2, -0.15) is 0 Å². The van der Waals surface area contributed by atoms with Crippen LogP contribution in [0.4, 0.5) is 0 Å². The van der Waals surface area contributed by atoms with E-state index in [1.165, 1.54) is 12.5 Å². The number of aryl methyl sites for hydroxylation is 1. The van der Waals surface area contributed by atoms with Gasteiger partial charge in [0.1, 0.15) is 6.10 Å². The molecule has 1 aromatic carbocycles. The number of amides is 1. The third-order valence-electron chi connectivity index (χ3n) is 3.96. The summed E-state index contributed by atoms with van der Waals surface area (Å²) >= 11 is 0. The van der Waals surface area contributed by atoms with Crippen LogP contribution in [0.1, 0.15) is 29.0 Å². The van der Waals surface area contributed by atoms with Gasteiger partial charge in [0.25, 0.3) is 5.91 Å². The zero-order valence-corrected chi connectivity index (χ0v) is 12.4. The highest BCUT2D eigenvalue weighted by molar-refractivity contribution is 5.81. The lowest BCUT2D eigenvalue weighted by Crippen LogP contribution is -2.44. The van der Waals surface area contributed by atoms with Crippen LogP contribution in [0.25, 0.3) is 0 Å². The number of rotatable bonds is 3. The molecule has 3 rings (SSSR count). The first-order valence-corrected chi connectivity index (χ1v) is 7.29. The van der Waals surface area contributed by atoms with Crippen LogP contribution in [-0.4, -0.2) is 45.6 Å². The number of aromatic nitrogens is 2. The van der Waals surface area contributed by atoms with Gasteiger partial charge in [0, 0.05) is 6.54 Å². The van der Waals surface area contributed by atoms with E-state index in [0.29, 0.717) is 25.4 Å². The molecule has 1 aliphatic heterocycles. The molecule has 6 nitrogen and oxygen atoms in total. The summed E-state index contributed by atoms with van der Waals surface area (Å²) in [6.07, 6.45) is 1.54. The third kappa shape index (κ3) is 2.88. The summed E-state index contributed by atoms with van der Waals surface area (Å²) in [6.45, 7) is 3.40. The van der Waals surface area contributed by atoms with E-state index in [9.17, 15) is 9.90 Å². The molecule has 0 aliphatic carbocycles. The molecule has 2 heterocycles. The van der Waals surface area contributed by atoms with Crippen molar-refractivity contribution in [2.45, 2.75) is 19.1 Å². The highest BCUT2D eigenvalue weighted by Gasteiger charge is 2.30. The normalized spacial score (nSPS) is 19.9. The maximum atomic E-state index is 12.4. The van der Waals surface area contributed by atoms with Gasteiger partial charge in [-0.3, -0.25) is 4.79 Å². The summed E-state index contributed by atoms with van der Waals surface area (Å²) in [4.78, 5) is 20.7. The molecule has 22 heavy (non-hydrogen) atoms. The van der Waals surface area contributed by atoms with Crippen LogP contribution in [0.3, 0.4) is 0 Å². The van der Waals surface area contributed by atoms with Crippen LogP contribution in [0.5, 0.6) is 0 Å². The van der Waals surface area contributed by atoms with Gasteiger partial charge < -0.3 is 19.7 Å². The van der Waals surface area contributed by atoms with Gasteiger partial charge in [-0.25, -0.2) is 4.98 Å². The van der Waals surface area contributed by atoms with Crippen molar-refractivity contribution >= 4 is 5.91 Å². The molecular formula is C16H19N3O3. The van der Waals surface area contributed by atoms with Crippen LogP contribution >= 0.6 is 0 Å². The SMILES string of the molecule is Cc1ccccc1C1CN(C(=O)C(O)c2cnc[nH]2)CCO1. The number of hydrogen-bond donors (Lipinski definition) is 2. The Kier molecular flexibility index (Phi) is 4.22. The Morgan fingerprint density at radius 2 is 2.32 bits per heavy atom. The van der Waals surface area contributed by atoms with Crippen molar-refractivity contribution in [2.75, 3.05) is 19.7 Å². The number of morpholine rings is 1. The van der Waals surface area contributed by atoms with E-state index in [-0.39, 0.29) is 12.0 Å². The van der Waals surface area contributed by atoms with Crippen molar-refractivity contribution < 1.29 is 14.6 Å². The Labute approximate surface area is 128 Å². The van der Waals surface area contributed by atoms with Crippen LogP contribution in [-0.2, 0) is 9.53 Å². The van der Waals surface area contributed by atoms with Gasteiger partial charge in [-0.05, 0) is 18.1 Å². The van der Waals surface area contributed by atoms with E-state index in [0.717, 1.165) is 11.1 Å². The molecule has 2 atom stereocenters. The molecular weight excluding hydrogens is 282 g/mol. The number of hydrogen-bond acceptors (Lipinski definition) is 4. The smallest absolute Gasteiger partial charge is 0.257 e. The summed E-state index contributed by atoms with van der Waals surface area (Å²) in [7, 11) is 0. The molecule has 1 fully saturated rings. The van der Waals surface area contributed by atoms with Crippen molar-refractivity contribution in [1.82, 2.24) is 14.9 Å². The molecule has 116 valence electrons. The van der Waals surface area contributed by atoms with Gasteiger partial charge >= 0.3 is 0 Å². The number of carbonyl (C=O) groups excluding carboxylic acids is 1. The summed E-state index contributed by atoms with van der Waals surface area (Å²) in [5.41, 5.74) is 2.62. The van der Waals surface area contributed by atoms with E-state index in [1.54, 1.807) is 4.90 Å². The van der Waals surface area contributed by atoms with Crippen LogP contribution in [0, 0.1) is 6.92 Å². The molecule has 6 heteroatoms. The summed E-state index contributed by atoms with van der Waals surface area (Å²) in [6, 6.07) is 7.98. The molecule has 0 spiro atoms. The van der Waals surface area contributed by atoms with Crippen molar-refractivity contribution in [1.29, 1.82) is 0 Å². The van der Waals surface area contributed by atoms with Crippen LogP contribution in [0.2, 0.25) is 0 Å². The lowest BCUT2D eigenvalue weighted by molar-refractivity contribution is -0.148. The van der Waals surface area contributed by atoms with Crippen molar-refractivity contribution in [2.24, 2.45) is 0 Å². The standard InChI is InChI=1S/C16H19N3O3/c1-11-4-2-3-5-12(11)14-9-19(6-7-22-14)16(21)15(20)13-8-17-10-18-13/h2-5,8,10,14-15,20H,6-7,9H2,1H3,(H,17,18). The molecule has 2 aromatic rings. The van der Waals surface area contributed by atoms with Crippen molar-refractivity contribution in [3.63, 3.8) is 0 Å². The monoisotopic (exact) mass is 301 g/mol. The average molecular weight is 301 g/mol. The average Bonchev–Trinajstić information content (AvgIpc) is 3.08. The second-order valence-corrected chi connectivity index (χ2v) is 5.41. The predicted molar refractivity (Wildman–Crippen MR) is 80.0 cm³/mol. The van der Waals surface area contributed by atoms with E-state index in [2.05, 4.69) is 9.97 Å². The zero-order valence-electron chi connectivity index (χ0n) is 12.4. The molecule has 1 aromatic heterocycles. The summed E-state index contributed by atoms with van der Waals surface area (Å²) < 4.78 is 5.80. The zero-order chi connectivity index (χ0) is 15.5. The van der Waals surface area contributed by atoms with Gasteiger partial charge in [-0.15, -0.1) is 0 Å². The molecule has 1 saturated heterocycles. The lowest BCUT2D eigenvalue weighted by atomic mass is 10.0. The fraction of sp³-hybridized carbons (Fsp3) is 0.375. The fourth-order valence-electron chi connectivity index (χ4n) is 2.71. The first-order valence-electron chi connectivity index (χ1n) is 7.29. The Balaban J connectivity index is 1.73. The van der Waals surface area contributed by atoms with E-state index in [4.69, 9.17) is 4.74 Å². The van der Waals surface area contributed by atoms with Crippen molar-refractivity contribution in [3.8, 4) is 0 Å². The quantitative estimate of drug-likeness (QED) is 0.897. The second-order valence-electron chi connectivity index (χ2n) is 5.41. The fourth-order valence-corrected chi connectivity index (χ4v) is 2.71. The number of benzene rings is 1. The first kappa shape index (κ1) is 14.7. The maximum absolute atomic E-state index is 12.4. The molecule has 0 bridgehead atoms. The number of nitrogens with one attached hydrogen (secondary N) is 1. The molecule has 0 radical (unpaired) electrons. The Morgan fingerprint density at radius 3 is 3.05 bits per heavy atom. The van der Waals surface area contributed by atoms with E-state index >= 15 is 0 Å². The van der Waals surface area contributed by atoms with Gasteiger partial charge in [-0.1, -0.05) is 24.3 Å². The Morgan fingerprint density at radius 1 is 1.50 bits per heavy atom. The highest BCUT2D eigenvalue weighted by atomic mass is 16.5. The first-order chi connectivity index (χ1) is 10.7. The van der Waals surface area contributed by atoms with Gasteiger partial charge in [0.2, 0.25) is 0 Å². The van der Waals surface area contributed by atoms with Gasteiger partial charge in [0.05, 0.1) is 31.4 Å². The highest BCUT2D eigenvalue weighted by Crippen LogP contribution is 2.26. The number of aliphatic hydroxyl groups excluding tert-OH is 1. The number of H-pyrrole nitrogens is 1. The summed E-state index contributed by atoms with van der Waals surface area (Å²) in [5.74, 6) is -0.328. The van der Waals surface area contributed by atoms with Gasteiger partial charge in [0.15, 0.2) is 6.10 Å². The Hall–Kier alpha value is -2.18. The molecule has 2 N–H and O–H groups in total. The Bertz CT molecular complexity index is 642. The number of imidazole rings is 1. The number of aromatic amines is 1. The van der Waals surface area contributed by atoms with Crippen LogP contribution in [0.15, 0.2) is 36.8 Å². The predicted octanol–water partition coefficient (Wildman–Crippen LogP) is 1.35.